The van der Waals surface area contributed by atoms with Gasteiger partial charge in [0.1, 0.15) is 0 Å². The molecule has 3 heteroatoms. The third kappa shape index (κ3) is 2.72. The van der Waals surface area contributed by atoms with Crippen molar-refractivity contribution in [3.63, 3.8) is 0 Å². The lowest BCUT2D eigenvalue weighted by Gasteiger charge is -2.20. The second-order valence-electron chi connectivity index (χ2n) is 5.33. The maximum Gasteiger partial charge on any atom is 0.225 e. The monoisotopic (exact) mass is 246 g/mol. The molecule has 0 aromatic heterocycles. The van der Waals surface area contributed by atoms with Crippen molar-refractivity contribution in [2.24, 2.45) is 11.8 Å². The van der Waals surface area contributed by atoms with Gasteiger partial charge in [-0.25, -0.2) is 0 Å². The summed E-state index contributed by atoms with van der Waals surface area (Å²) in [5, 5.41) is 6.40. The Labute approximate surface area is 109 Å². The minimum Gasteiger partial charge on any atom is -0.349 e. The van der Waals surface area contributed by atoms with Crippen LogP contribution in [0.4, 0.5) is 0 Å². The molecule has 1 aromatic rings. The van der Waals surface area contributed by atoms with Crippen LogP contribution in [0.25, 0.3) is 0 Å². The predicted molar refractivity (Wildman–Crippen MR) is 73.3 cm³/mol. The maximum atomic E-state index is 12.2. The van der Waals surface area contributed by atoms with E-state index < -0.39 is 0 Å². The Bertz CT molecular complexity index is 430. The van der Waals surface area contributed by atoms with E-state index in [1.54, 1.807) is 0 Å². The van der Waals surface area contributed by atoms with Crippen LogP contribution in [0, 0.1) is 18.8 Å². The van der Waals surface area contributed by atoms with Crippen molar-refractivity contribution >= 4 is 5.91 Å². The number of carbonyl (C=O) groups excluding carboxylic acids is 1. The molecule has 1 amide bonds. The molecule has 1 heterocycles. The molecule has 2 N–H and O–H groups in total. The molecular formula is C15H22N2O. The molecule has 3 unspecified atom stereocenters. The lowest BCUT2D eigenvalue weighted by atomic mass is 9.96. The number of carbonyl (C=O) groups is 1. The minimum atomic E-state index is 0.0755. The second kappa shape index (κ2) is 5.53. The summed E-state index contributed by atoms with van der Waals surface area (Å²) in [6.07, 6.45) is 0. The van der Waals surface area contributed by atoms with Gasteiger partial charge >= 0.3 is 0 Å². The van der Waals surface area contributed by atoms with E-state index >= 15 is 0 Å². The smallest absolute Gasteiger partial charge is 0.225 e. The molecule has 0 bridgehead atoms. The molecule has 3 atom stereocenters. The second-order valence-corrected chi connectivity index (χ2v) is 5.33. The summed E-state index contributed by atoms with van der Waals surface area (Å²) in [6, 6.07) is 8.28. The van der Waals surface area contributed by atoms with Gasteiger partial charge in [-0.15, -0.1) is 0 Å². The van der Waals surface area contributed by atoms with Gasteiger partial charge in [-0.3, -0.25) is 4.79 Å². The van der Waals surface area contributed by atoms with Gasteiger partial charge < -0.3 is 10.6 Å². The van der Waals surface area contributed by atoms with Gasteiger partial charge in [-0.05, 0) is 37.4 Å². The largest absolute Gasteiger partial charge is 0.349 e. The summed E-state index contributed by atoms with van der Waals surface area (Å²) >= 11 is 0. The van der Waals surface area contributed by atoms with E-state index in [9.17, 15) is 4.79 Å². The predicted octanol–water partition coefficient (Wildman–Crippen LogP) is 2.03. The van der Waals surface area contributed by atoms with E-state index in [-0.39, 0.29) is 17.9 Å². The summed E-state index contributed by atoms with van der Waals surface area (Å²) < 4.78 is 0. The molecular weight excluding hydrogens is 224 g/mol. The Hall–Kier alpha value is -1.35. The Balaban J connectivity index is 2.01. The molecule has 1 aliphatic rings. The van der Waals surface area contributed by atoms with E-state index in [1.807, 2.05) is 19.1 Å². The van der Waals surface area contributed by atoms with Crippen LogP contribution < -0.4 is 10.6 Å². The highest BCUT2D eigenvalue weighted by atomic mass is 16.2. The van der Waals surface area contributed by atoms with Crippen LogP contribution in [-0.2, 0) is 4.79 Å². The van der Waals surface area contributed by atoms with Crippen molar-refractivity contribution in [2.45, 2.75) is 26.8 Å². The van der Waals surface area contributed by atoms with Crippen molar-refractivity contribution in [1.82, 2.24) is 10.6 Å². The van der Waals surface area contributed by atoms with E-state index in [1.165, 1.54) is 11.1 Å². The SMILES string of the molecule is Cc1ccccc1C(C)NC(=O)C1CNCC1C. The van der Waals surface area contributed by atoms with Crippen molar-refractivity contribution < 1.29 is 4.79 Å². The number of hydrogen-bond acceptors (Lipinski definition) is 2. The van der Waals surface area contributed by atoms with Crippen LogP contribution >= 0.6 is 0 Å². The highest BCUT2D eigenvalue weighted by Crippen LogP contribution is 2.20. The van der Waals surface area contributed by atoms with Gasteiger partial charge in [0.05, 0.1) is 12.0 Å². The minimum absolute atomic E-state index is 0.0755. The average Bonchev–Trinajstić information content (AvgIpc) is 2.76. The van der Waals surface area contributed by atoms with Gasteiger partial charge in [0.25, 0.3) is 0 Å². The summed E-state index contributed by atoms with van der Waals surface area (Å²) in [5.74, 6) is 0.703. The number of rotatable bonds is 3. The highest BCUT2D eigenvalue weighted by molar-refractivity contribution is 5.80. The number of nitrogens with one attached hydrogen (secondary N) is 2. The lowest BCUT2D eigenvalue weighted by Crippen LogP contribution is -2.36. The average molecular weight is 246 g/mol. The first-order valence-electron chi connectivity index (χ1n) is 6.66. The fourth-order valence-electron chi connectivity index (χ4n) is 2.63. The molecule has 0 aliphatic carbocycles. The number of aryl methyl sites for hydroxylation is 1. The standard InChI is InChI=1S/C15H22N2O/c1-10-6-4-5-7-13(10)12(3)17-15(18)14-9-16-8-11(14)2/h4-7,11-12,14,16H,8-9H2,1-3H3,(H,17,18). The molecule has 1 saturated heterocycles. The maximum absolute atomic E-state index is 12.2. The molecule has 1 aliphatic heterocycles. The van der Waals surface area contributed by atoms with Crippen molar-refractivity contribution in [1.29, 1.82) is 0 Å². The first kappa shape index (κ1) is 13.1. The van der Waals surface area contributed by atoms with Gasteiger partial charge in [0.15, 0.2) is 0 Å². The van der Waals surface area contributed by atoms with Crippen LogP contribution in [0.1, 0.15) is 31.0 Å². The fourth-order valence-corrected chi connectivity index (χ4v) is 2.63. The normalized spacial score (nSPS) is 24.8. The lowest BCUT2D eigenvalue weighted by molar-refractivity contribution is -0.126. The topological polar surface area (TPSA) is 41.1 Å². The fraction of sp³-hybridized carbons (Fsp3) is 0.533. The summed E-state index contributed by atoms with van der Waals surface area (Å²) in [7, 11) is 0. The Morgan fingerprint density at radius 1 is 1.39 bits per heavy atom. The molecule has 1 fully saturated rings. The van der Waals surface area contributed by atoms with Crippen LogP contribution in [0.2, 0.25) is 0 Å². The van der Waals surface area contributed by atoms with Crippen molar-refractivity contribution in [2.75, 3.05) is 13.1 Å². The summed E-state index contributed by atoms with van der Waals surface area (Å²) in [4.78, 5) is 12.2. The number of amides is 1. The van der Waals surface area contributed by atoms with E-state index in [4.69, 9.17) is 0 Å². The van der Waals surface area contributed by atoms with Gasteiger partial charge in [-0.2, -0.15) is 0 Å². The van der Waals surface area contributed by atoms with Gasteiger partial charge in [-0.1, -0.05) is 31.2 Å². The number of benzene rings is 1. The third-order valence-corrected chi connectivity index (χ3v) is 3.87. The Kier molecular flexibility index (Phi) is 4.02. The Morgan fingerprint density at radius 2 is 2.11 bits per heavy atom. The quantitative estimate of drug-likeness (QED) is 0.857. The zero-order valence-corrected chi connectivity index (χ0v) is 11.4. The van der Waals surface area contributed by atoms with E-state index in [2.05, 4.69) is 36.6 Å². The molecule has 0 spiro atoms. The van der Waals surface area contributed by atoms with Crippen molar-refractivity contribution in [3.8, 4) is 0 Å². The molecule has 0 saturated carbocycles. The third-order valence-electron chi connectivity index (χ3n) is 3.87. The van der Waals surface area contributed by atoms with Gasteiger partial charge in [0, 0.05) is 6.54 Å². The van der Waals surface area contributed by atoms with Crippen LogP contribution in [0.15, 0.2) is 24.3 Å². The first-order chi connectivity index (χ1) is 8.59. The Morgan fingerprint density at radius 3 is 2.72 bits per heavy atom. The molecule has 1 aromatic carbocycles. The molecule has 0 radical (unpaired) electrons. The summed E-state index contributed by atoms with van der Waals surface area (Å²) in [6.45, 7) is 8.00. The van der Waals surface area contributed by atoms with E-state index in [0.29, 0.717) is 5.92 Å². The summed E-state index contributed by atoms with van der Waals surface area (Å²) in [5.41, 5.74) is 2.42. The molecule has 3 nitrogen and oxygen atoms in total. The number of hydrogen-bond donors (Lipinski definition) is 2. The first-order valence-corrected chi connectivity index (χ1v) is 6.66. The van der Waals surface area contributed by atoms with Crippen LogP contribution in [0.3, 0.4) is 0 Å². The zero-order valence-electron chi connectivity index (χ0n) is 11.4. The molecule has 18 heavy (non-hydrogen) atoms. The zero-order chi connectivity index (χ0) is 13.1. The van der Waals surface area contributed by atoms with Crippen molar-refractivity contribution in [3.05, 3.63) is 35.4 Å². The van der Waals surface area contributed by atoms with Crippen LogP contribution in [0.5, 0.6) is 0 Å². The van der Waals surface area contributed by atoms with Gasteiger partial charge in [0.2, 0.25) is 5.91 Å². The van der Waals surface area contributed by atoms with Crippen LogP contribution in [-0.4, -0.2) is 19.0 Å². The molecule has 98 valence electrons. The highest BCUT2D eigenvalue weighted by Gasteiger charge is 2.30. The molecule has 2 rings (SSSR count). The van der Waals surface area contributed by atoms with E-state index in [0.717, 1.165) is 13.1 Å².